The minimum absolute atomic E-state index is 0.0193. The van der Waals surface area contributed by atoms with Gasteiger partial charge in [-0.2, -0.15) is 0 Å². The van der Waals surface area contributed by atoms with E-state index in [1.165, 1.54) is 6.07 Å². The zero-order valence-electron chi connectivity index (χ0n) is 12.7. The Balaban J connectivity index is 1.84. The molecule has 1 amide bonds. The highest BCUT2D eigenvalue weighted by Crippen LogP contribution is 2.65. The van der Waals surface area contributed by atoms with Crippen molar-refractivity contribution in [1.29, 1.82) is 0 Å². The summed E-state index contributed by atoms with van der Waals surface area (Å²) in [4.78, 5) is 12.5. The maximum atomic E-state index is 14.0. The highest BCUT2D eigenvalue weighted by Gasteiger charge is 2.67. The Kier molecular flexibility index (Phi) is 5.18. The first kappa shape index (κ1) is 19.1. The number of alkyl halides is 2. The maximum Gasteiger partial charge on any atom is 0.231 e. The normalized spacial score (nSPS) is 21.1. The second kappa shape index (κ2) is 6.79. The standard InChI is InChI=1S/C17H11Cl5FNO/c1-7-2-13(12(23)6-11(7)20)24-16(25)15-14(17(15,21)22)8-3-9(18)5-10(19)4-8/h2-6,14-15H,1H3,(H,24,25). The lowest BCUT2D eigenvalue weighted by Crippen LogP contribution is -2.18. The number of benzene rings is 2. The van der Waals surface area contributed by atoms with Gasteiger partial charge in [-0.1, -0.05) is 34.8 Å². The molecule has 2 aromatic carbocycles. The summed E-state index contributed by atoms with van der Waals surface area (Å²) in [6.45, 7) is 1.71. The van der Waals surface area contributed by atoms with Gasteiger partial charge in [0.15, 0.2) is 0 Å². The number of carbonyl (C=O) groups is 1. The summed E-state index contributed by atoms with van der Waals surface area (Å²) < 4.78 is 12.7. The van der Waals surface area contributed by atoms with E-state index in [0.29, 0.717) is 21.2 Å². The first-order chi connectivity index (χ1) is 11.6. The maximum absolute atomic E-state index is 14.0. The Morgan fingerprint density at radius 3 is 2.28 bits per heavy atom. The van der Waals surface area contributed by atoms with Gasteiger partial charge in [-0.15, -0.1) is 23.2 Å². The number of anilines is 1. The van der Waals surface area contributed by atoms with Gasteiger partial charge in [0.05, 0.1) is 11.6 Å². The molecule has 1 N–H and O–H groups in total. The monoisotopic (exact) mass is 439 g/mol. The molecule has 132 valence electrons. The molecule has 2 aromatic rings. The number of carbonyl (C=O) groups excluding carboxylic acids is 1. The largest absolute Gasteiger partial charge is 0.323 e. The van der Waals surface area contributed by atoms with Crippen molar-refractivity contribution in [3.8, 4) is 0 Å². The van der Waals surface area contributed by atoms with E-state index in [2.05, 4.69) is 5.32 Å². The predicted octanol–water partition coefficient (Wildman–Crippen LogP) is 6.62. The van der Waals surface area contributed by atoms with Gasteiger partial charge in [0.25, 0.3) is 0 Å². The van der Waals surface area contributed by atoms with Gasteiger partial charge in [0, 0.05) is 21.0 Å². The Morgan fingerprint density at radius 2 is 1.68 bits per heavy atom. The molecule has 0 heterocycles. The molecule has 25 heavy (non-hydrogen) atoms. The van der Waals surface area contributed by atoms with E-state index >= 15 is 0 Å². The van der Waals surface area contributed by atoms with Crippen LogP contribution in [0.2, 0.25) is 15.1 Å². The topological polar surface area (TPSA) is 29.1 Å². The van der Waals surface area contributed by atoms with Crippen LogP contribution in [0.1, 0.15) is 17.0 Å². The summed E-state index contributed by atoms with van der Waals surface area (Å²) in [5.41, 5.74) is 1.30. The smallest absolute Gasteiger partial charge is 0.231 e. The Bertz CT molecular complexity index is 850. The summed E-state index contributed by atoms with van der Waals surface area (Å²) in [5.74, 6) is -2.39. The van der Waals surface area contributed by atoms with Crippen molar-refractivity contribution in [3.05, 3.63) is 62.3 Å². The fourth-order valence-corrected chi connectivity index (χ4v) is 4.31. The van der Waals surface area contributed by atoms with Gasteiger partial charge in [-0.05, 0) is 48.4 Å². The molecule has 2 atom stereocenters. The van der Waals surface area contributed by atoms with Crippen LogP contribution in [0.5, 0.6) is 0 Å². The van der Waals surface area contributed by atoms with Gasteiger partial charge in [0.1, 0.15) is 10.2 Å². The summed E-state index contributed by atoms with van der Waals surface area (Å²) >= 11 is 30.4. The van der Waals surface area contributed by atoms with E-state index in [-0.39, 0.29) is 10.7 Å². The minimum atomic E-state index is -1.32. The second-order valence-electron chi connectivity index (χ2n) is 5.90. The Morgan fingerprint density at radius 1 is 1.08 bits per heavy atom. The molecular formula is C17H11Cl5FNO. The second-order valence-corrected chi connectivity index (χ2v) is 8.63. The van der Waals surface area contributed by atoms with E-state index in [1.807, 2.05) is 0 Å². The third kappa shape index (κ3) is 3.72. The number of rotatable bonds is 3. The van der Waals surface area contributed by atoms with Crippen molar-refractivity contribution in [2.75, 3.05) is 5.32 Å². The number of nitrogens with one attached hydrogen (secondary N) is 1. The third-order valence-corrected chi connectivity index (χ3v) is 5.87. The quantitative estimate of drug-likeness (QED) is 0.533. The van der Waals surface area contributed by atoms with Crippen LogP contribution in [0.15, 0.2) is 30.3 Å². The number of hydrogen-bond donors (Lipinski definition) is 1. The molecule has 8 heteroatoms. The van der Waals surface area contributed by atoms with Gasteiger partial charge in [-0.25, -0.2) is 4.39 Å². The van der Waals surface area contributed by atoms with Crippen molar-refractivity contribution < 1.29 is 9.18 Å². The van der Waals surface area contributed by atoms with Crippen LogP contribution in [0.4, 0.5) is 10.1 Å². The number of aryl methyl sites for hydroxylation is 1. The van der Waals surface area contributed by atoms with Crippen molar-refractivity contribution in [3.63, 3.8) is 0 Å². The van der Waals surface area contributed by atoms with Crippen LogP contribution in [-0.4, -0.2) is 10.2 Å². The van der Waals surface area contributed by atoms with Crippen LogP contribution < -0.4 is 5.32 Å². The van der Waals surface area contributed by atoms with Crippen LogP contribution >= 0.6 is 58.0 Å². The Labute approximate surface area is 169 Å². The molecule has 0 radical (unpaired) electrons. The molecule has 0 aliphatic heterocycles. The van der Waals surface area contributed by atoms with E-state index in [4.69, 9.17) is 58.0 Å². The molecule has 1 saturated carbocycles. The summed E-state index contributed by atoms with van der Waals surface area (Å²) in [6, 6.07) is 7.46. The summed E-state index contributed by atoms with van der Waals surface area (Å²) in [7, 11) is 0. The average molecular weight is 442 g/mol. The van der Waals surface area contributed by atoms with Gasteiger partial charge in [-0.3, -0.25) is 4.79 Å². The molecule has 2 nitrogen and oxygen atoms in total. The number of amides is 1. The first-order valence-electron chi connectivity index (χ1n) is 7.21. The molecule has 0 bridgehead atoms. The zero-order chi connectivity index (χ0) is 18.5. The fourth-order valence-electron chi connectivity index (χ4n) is 2.79. The van der Waals surface area contributed by atoms with Gasteiger partial charge < -0.3 is 5.32 Å². The minimum Gasteiger partial charge on any atom is -0.323 e. The third-order valence-electron chi connectivity index (χ3n) is 4.09. The molecule has 2 unspecified atom stereocenters. The lowest BCUT2D eigenvalue weighted by molar-refractivity contribution is -0.117. The SMILES string of the molecule is Cc1cc(NC(=O)C2C(c3cc(Cl)cc(Cl)c3)C2(Cl)Cl)c(F)cc1Cl. The highest BCUT2D eigenvalue weighted by molar-refractivity contribution is 6.53. The molecule has 1 fully saturated rings. The molecule has 0 aromatic heterocycles. The van der Waals surface area contributed by atoms with Crippen LogP contribution in [0.3, 0.4) is 0 Å². The van der Waals surface area contributed by atoms with E-state index in [1.54, 1.807) is 25.1 Å². The predicted molar refractivity (Wildman–Crippen MR) is 102 cm³/mol. The Hall–Kier alpha value is -0.710. The molecule has 3 rings (SSSR count). The number of hydrogen-bond acceptors (Lipinski definition) is 1. The molecule has 1 aliphatic carbocycles. The molecule has 0 saturated heterocycles. The van der Waals surface area contributed by atoms with Gasteiger partial charge >= 0.3 is 0 Å². The lowest BCUT2D eigenvalue weighted by atomic mass is 10.1. The van der Waals surface area contributed by atoms with E-state index in [9.17, 15) is 9.18 Å². The number of halogens is 6. The van der Waals surface area contributed by atoms with Crippen LogP contribution in [-0.2, 0) is 4.79 Å². The van der Waals surface area contributed by atoms with Crippen molar-refractivity contribution >= 4 is 69.6 Å². The van der Waals surface area contributed by atoms with Crippen molar-refractivity contribution in [1.82, 2.24) is 0 Å². The molecular weight excluding hydrogens is 430 g/mol. The fraction of sp³-hybridized carbons (Fsp3) is 0.235. The van der Waals surface area contributed by atoms with Crippen molar-refractivity contribution in [2.24, 2.45) is 5.92 Å². The molecule has 0 spiro atoms. The first-order valence-corrected chi connectivity index (χ1v) is 9.10. The van der Waals surface area contributed by atoms with E-state index in [0.717, 1.165) is 6.07 Å². The summed E-state index contributed by atoms with van der Waals surface area (Å²) in [6.07, 6.45) is 0. The molecule has 1 aliphatic rings. The summed E-state index contributed by atoms with van der Waals surface area (Å²) in [5, 5.41) is 3.62. The highest BCUT2D eigenvalue weighted by atomic mass is 35.5. The van der Waals surface area contributed by atoms with Crippen molar-refractivity contribution in [2.45, 2.75) is 17.2 Å². The van der Waals surface area contributed by atoms with Gasteiger partial charge in [0.2, 0.25) is 5.91 Å². The van der Waals surface area contributed by atoms with Crippen LogP contribution in [0.25, 0.3) is 0 Å². The zero-order valence-corrected chi connectivity index (χ0v) is 16.5. The van der Waals surface area contributed by atoms with Crippen LogP contribution in [0, 0.1) is 18.7 Å². The lowest BCUT2D eigenvalue weighted by Gasteiger charge is -2.08. The van der Waals surface area contributed by atoms with E-state index < -0.39 is 27.9 Å². The average Bonchev–Trinajstić information content (AvgIpc) is 3.06.